The number of nitrogens with two attached hydrogens (primary N) is 1. The predicted octanol–water partition coefficient (Wildman–Crippen LogP) is 1.68. The SMILES string of the molecule is COCCN=C(N)NCCc1ccccc1OC(F)(F)F. The molecule has 0 aliphatic heterocycles. The van der Waals surface area contributed by atoms with Crippen LogP contribution in [0.2, 0.25) is 0 Å². The number of hydrogen-bond acceptors (Lipinski definition) is 3. The molecule has 118 valence electrons. The number of methoxy groups -OCH3 is 1. The summed E-state index contributed by atoms with van der Waals surface area (Å²) in [6, 6.07) is 5.98. The second-order valence-corrected chi connectivity index (χ2v) is 4.09. The van der Waals surface area contributed by atoms with Crippen molar-refractivity contribution in [3.05, 3.63) is 29.8 Å². The van der Waals surface area contributed by atoms with Crippen molar-refractivity contribution in [2.45, 2.75) is 12.8 Å². The van der Waals surface area contributed by atoms with Gasteiger partial charge in [0.25, 0.3) is 0 Å². The maximum Gasteiger partial charge on any atom is 0.573 e. The average Bonchev–Trinajstić information content (AvgIpc) is 2.39. The van der Waals surface area contributed by atoms with Crippen LogP contribution in [0.25, 0.3) is 0 Å². The quantitative estimate of drug-likeness (QED) is 0.457. The zero-order valence-corrected chi connectivity index (χ0v) is 11.6. The Morgan fingerprint density at radius 1 is 1.33 bits per heavy atom. The van der Waals surface area contributed by atoms with Gasteiger partial charge in [0.05, 0.1) is 13.2 Å². The van der Waals surface area contributed by atoms with Crippen molar-refractivity contribution in [3.8, 4) is 5.75 Å². The van der Waals surface area contributed by atoms with Crippen LogP contribution in [0.15, 0.2) is 29.3 Å². The van der Waals surface area contributed by atoms with Gasteiger partial charge in [0, 0.05) is 13.7 Å². The number of guanidine groups is 1. The minimum atomic E-state index is -4.70. The highest BCUT2D eigenvalue weighted by molar-refractivity contribution is 5.77. The van der Waals surface area contributed by atoms with Crippen molar-refractivity contribution in [3.63, 3.8) is 0 Å². The number of hydrogen-bond donors (Lipinski definition) is 2. The lowest BCUT2D eigenvalue weighted by Gasteiger charge is -2.13. The van der Waals surface area contributed by atoms with Crippen molar-refractivity contribution < 1.29 is 22.6 Å². The van der Waals surface area contributed by atoms with Crippen molar-refractivity contribution in [2.24, 2.45) is 10.7 Å². The normalized spacial score (nSPS) is 12.3. The highest BCUT2D eigenvalue weighted by atomic mass is 19.4. The lowest BCUT2D eigenvalue weighted by Crippen LogP contribution is -2.33. The number of halogens is 3. The van der Waals surface area contributed by atoms with E-state index in [9.17, 15) is 13.2 Å². The third-order valence-electron chi connectivity index (χ3n) is 2.48. The largest absolute Gasteiger partial charge is 0.573 e. The number of nitrogens with zero attached hydrogens (tertiary/aromatic N) is 1. The van der Waals surface area contributed by atoms with Crippen LogP contribution in [-0.4, -0.2) is 39.1 Å². The van der Waals surface area contributed by atoms with E-state index in [1.807, 2.05) is 0 Å². The van der Waals surface area contributed by atoms with Crippen molar-refractivity contribution in [1.82, 2.24) is 5.32 Å². The lowest BCUT2D eigenvalue weighted by molar-refractivity contribution is -0.274. The number of benzene rings is 1. The fourth-order valence-corrected chi connectivity index (χ4v) is 1.57. The Hall–Kier alpha value is -1.96. The summed E-state index contributed by atoms with van der Waals surface area (Å²) >= 11 is 0. The molecule has 1 aromatic carbocycles. The molecule has 3 N–H and O–H groups in total. The van der Waals surface area contributed by atoms with Gasteiger partial charge in [-0.1, -0.05) is 18.2 Å². The monoisotopic (exact) mass is 305 g/mol. The first-order valence-electron chi connectivity index (χ1n) is 6.29. The molecule has 0 fully saturated rings. The highest BCUT2D eigenvalue weighted by Gasteiger charge is 2.31. The van der Waals surface area contributed by atoms with Crippen LogP contribution < -0.4 is 15.8 Å². The van der Waals surface area contributed by atoms with Gasteiger partial charge in [0.15, 0.2) is 5.96 Å². The summed E-state index contributed by atoms with van der Waals surface area (Å²) in [4.78, 5) is 3.97. The molecule has 0 heterocycles. The molecule has 1 rings (SSSR count). The van der Waals surface area contributed by atoms with Gasteiger partial charge in [-0.25, -0.2) is 0 Å². The Balaban J connectivity index is 2.50. The highest BCUT2D eigenvalue weighted by Crippen LogP contribution is 2.26. The summed E-state index contributed by atoms with van der Waals surface area (Å²) in [5.41, 5.74) is 6.03. The topological polar surface area (TPSA) is 68.9 Å². The Kier molecular flexibility index (Phi) is 6.80. The third-order valence-corrected chi connectivity index (χ3v) is 2.48. The van der Waals surface area contributed by atoms with Crippen LogP contribution in [0.3, 0.4) is 0 Å². The van der Waals surface area contributed by atoms with E-state index in [0.717, 1.165) is 0 Å². The molecule has 0 bridgehead atoms. The zero-order chi connectivity index (χ0) is 15.7. The van der Waals surface area contributed by atoms with Crippen LogP contribution in [-0.2, 0) is 11.2 Å². The first kappa shape index (κ1) is 17.1. The molecular weight excluding hydrogens is 287 g/mol. The molecule has 0 unspecified atom stereocenters. The summed E-state index contributed by atoms with van der Waals surface area (Å²) < 4.78 is 45.5. The molecule has 0 atom stereocenters. The van der Waals surface area contributed by atoms with E-state index in [0.29, 0.717) is 31.7 Å². The Morgan fingerprint density at radius 2 is 2.05 bits per heavy atom. The van der Waals surface area contributed by atoms with Crippen LogP contribution >= 0.6 is 0 Å². The van der Waals surface area contributed by atoms with E-state index < -0.39 is 6.36 Å². The second-order valence-electron chi connectivity index (χ2n) is 4.09. The Labute approximate surface area is 120 Å². The first-order chi connectivity index (χ1) is 9.92. The predicted molar refractivity (Wildman–Crippen MR) is 73.2 cm³/mol. The van der Waals surface area contributed by atoms with E-state index in [-0.39, 0.29) is 11.7 Å². The van der Waals surface area contributed by atoms with Crippen molar-refractivity contribution in [2.75, 3.05) is 26.8 Å². The molecule has 0 radical (unpaired) electrons. The summed E-state index contributed by atoms with van der Waals surface area (Å²) in [6.45, 7) is 1.22. The Bertz CT molecular complexity index is 464. The number of rotatable bonds is 7. The molecule has 21 heavy (non-hydrogen) atoms. The molecule has 0 saturated heterocycles. The van der Waals surface area contributed by atoms with Gasteiger partial charge in [0.1, 0.15) is 5.75 Å². The van der Waals surface area contributed by atoms with Gasteiger partial charge in [-0.15, -0.1) is 13.2 Å². The standard InChI is InChI=1S/C13H18F3N3O2/c1-20-9-8-19-12(17)18-7-6-10-4-2-3-5-11(10)21-13(14,15)16/h2-5H,6-9H2,1H3,(H3,17,18,19). The van der Waals surface area contributed by atoms with E-state index >= 15 is 0 Å². The summed E-state index contributed by atoms with van der Waals surface area (Å²) in [5.74, 6) is 0.0166. The van der Waals surface area contributed by atoms with Crippen LogP contribution in [0, 0.1) is 0 Å². The van der Waals surface area contributed by atoms with Gasteiger partial charge in [-0.3, -0.25) is 4.99 Å². The molecule has 5 nitrogen and oxygen atoms in total. The minimum absolute atomic E-state index is 0.207. The molecule has 0 amide bonds. The van der Waals surface area contributed by atoms with Crippen LogP contribution in [0.4, 0.5) is 13.2 Å². The van der Waals surface area contributed by atoms with Crippen molar-refractivity contribution in [1.29, 1.82) is 0 Å². The van der Waals surface area contributed by atoms with Gasteiger partial charge >= 0.3 is 6.36 Å². The molecule has 0 aliphatic rings. The summed E-state index contributed by atoms with van der Waals surface area (Å²) in [5, 5.41) is 2.82. The number of aliphatic imine (C=N–C) groups is 1. The molecule has 0 spiro atoms. The maximum absolute atomic E-state index is 12.3. The smallest absolute Gasteiger partial charge is 0.406 e. The van der Waals surface area contributed by atoms with Gasteiger partial charge < -0.3 is 20.5 Å². The van der Waals surface area contributed by atoms with E-state index in [1.165, 1.54) is 12.1 Å². The molecule has 1 aromatic rings. The van der Waals surface area contributed by atoms with Gasteiger partial charge in [-0.05, 0) is 18.1 Å². The summed E-state index contributed by atoms with van der Waals surface area (Å²) in [7, 11) is 1.55. The van der Waals surface area contributed by atoms with Gasteiger partial charge in [0.2, 0.25) is 0 Å². The second kappa shape index (κ2) is 8.35. The first-order valence-corrected chi connectivity index (χ1v) is 6.29. The maximum atomic E-state index is 12.3. The minimum Gasteiger partial charge on any atom is -0.406 e. The average molecular weight is 305 g/mol. The van der Waals surface area contributed by atoms with E-state index in [2.05, 4.69) is 15.0 Å². The molecule has 0 aromatic heterocycles. The number of ether oxygens (including phenoxy) is 2. The lowest BCUT2D eigenvalue weighted by atomic mass is 10.1. The number of alkyl halides is 3. The Morgan fingerprint density at radius 3 is 2.71 bits per heavy atom. The number of para-hydroxylation sites is 1. The fourth-order valence-electron chi connectivity index (χ4n) is 1.57. The molecule has 8 heteroatoms. The van der Waals surface area contributed by atoms with Crippen LogP contribution in [0.5, 0.6) is 5.75 Å². The molecular formula is C13H18F3N3O2. The third kappa shape index (κ3) is 7.40. The van der Waals surface area contributed by atoms with E-state index in [1.54, 1.807) is 19.2 Å². The van der Waals surface area contributed by atoms with E-state index in [4.69, 9.17) is 10.5 Å². The molecule has 0 saturated carbocycles. The molecule has 0 aliphatic carbocycles. The fraction of sp³-hybridized carbons (Fsp3) is 0.462. The summed E-state index contributed by atoms with van der Waals surface area (Å²) in [6.07, 6.45) is -4.38. The zero-order valence-electron chi connectivity index (χ0n) is 11.6. The van der Waals surface area contributed by atoms with Crippen molar-refractivity contribution >= 4 is 5.96 Å². The van der Waals surface area contributed by atoms with Gasteiger partial charge in [-0.2, -0.15) is 0 Å². The van der Waals surface area contributed by atoms with Crippen LogP contribution in [0.1, 0.15) is 5.56 Å². The number of nitrogens with one attached hydrogen (secondary N) is 1.